The lowest BCUT2D eigenvalue weighted by molar-refractivity contribution is 0.478. The Morgan fingerprint density at radius 1 is 0.397 bits per heavy atom. The van der Waals surface area contributed by atoms with E-state index in [0.717, 1.165) is 67.3 Å². The molecule has 272 valence electrons. The van der Waals surface area contributed by atoms with Crippen molar-refractivity contribution in [1.29, 1.82) is 0 Å². The van der Waals surface area contributed by atoms with E-state index in [1.807, 2.05) is 78.1 Å². The van der Waals surface area contributed by atoms with E-state index in [1.54, 1.807) is 11.3 Å². The molecule has 0 atom stereocenters. The Morgan fingerprint density at radius 3 is 1.84 bits per heavy atom. The van der Waals surface area contributed by atoms with Gasteiger partial charge in [0.2, 0.25) is 11.8 Å². The van der Waals surface area contributed by atoms with E-state index >= 15 is 0 Å². The Balaban J connectivity index is 0.968. The maximum Gasteiger partial charge on any atom is 0.227 e. The van der Waals surface area contributed by atoms with Crippen LogP contribution in [0.3, 0.4) is 0 Å². The molecule has 0 N–H and O–H groups in total. The quantitative estimate of drug-likeness (QED) is 0.177. The highest BCUT2D eigenvalue weighted by atomic mass is 32.1. The maximum atomic E-state index is 6.80. The number of hydrogen-bond acceptors (Lipinski definition) is 8. The van der Waals surface area contributed by atoms with Crippen molar-refractivity contribution in [3.8, 4) is 45.5 Å². The zero-order valence-corrected chi connectivity index (χ0v) is 32.1. The number of hydrogen-bond donors (Lipinski definition) is 0. The Labute approximate surface area is 338 Å². The minimum atomic E-state index is 0.553. The van der Waals surface area contributed by atoms with Crippen molar-refractivity contribution in [2.45, 2.75) is 0 Å². The van der Waals surface area contributed by atoms with E-state index in [9.17, 15) is 0 Å². The number of oxazole rings is 2. The van der Waals surface area contributed by atoms with Crippen LogP contribution in [0.4, 0.5) is 17.1 Å². The molecule has 8 aromatic carbocycles. The van der Waals surface area contributed by atoms with Gasteiger partial charge in [-0.1, -0.05) is 66.7 Å². The van der Waals surface area contributed by atoms with Crippen LogP contribution in [-0.2, 0) is 0 Å². The molecule has 0 saturated carbocycles. The number of anilines is 3. The fraction of sp³-hybridized carbons (Fsp3) is 0. The van der Waals surface area contributed by atoms with Crippen LogP contribution in [0.2, 0.25) is 0 Å². The van der Waals surface area contributed by atoms with E-state index in [-0.39, 0.29) is 0 Å². The molecule has 0 saturated heterocycles. The normalized spacial score (nSPS) is 12.6. The highest BCUT2D eigenvalue weighted by molar-refractivity contribution is 7.26. The van der Waals surface area contributed by atoms with Gasteiger partial charge in [0.15, 0.2) is 22.7 Å². The predicted molar refractivity (Wildman–Crippen MR) is 238 cm³/mol. The first-order valence-electron chi connectivity index (χ1n) is 19.0. The maximum absolute atomic E-state index is 6.80. The Kier molecular flexibility index (Phi) is 6.66. The minimum Gasteiger partial charge on any atom is -0.453 e. The summed E-state index contributed by atoms with van der Waals surface area (Å²) in [7, 11) is 0. The number of aromatic nitrogens is 2. The zero-order chi connectivity index (χ0) is 37.9. The summed E-state index contributed by atoms with van der Waals surface area (Å²) >= 11 is 3.65. The third-order valence-electron chi connectivity index (χ3n) is 11.1. The average molecular weight is 782 g/mol. The van der Waals surface area contributed by atoms with Gasteiger partial charge < -0.3 is 18.5 Å². The molecule has 0 spiro atoms. The molecule has 58 heavy (non-hydrogen) atoms. The lowest BCUT2D eigenvalue weighted by Crippen LogP contribution is -2.16. The first kappa shape index (κ1) is 31.9. The topological polar surface area (TPSA) is 64.5 Å². The van der Waals surface area contributed by atoms with Gasteiger partial charge in [-0.15, -0.1) is 22.7 Å². The molecule has 5 heterocycles. The van der Waals surface area contributed by atoms with Crippen molar-refractivity contribution < 1.29 is 13.6 Å². The number of nitrogens with zero attached hydrogens (tertiary/aromatic N) is 3. The SMILES string of the molecule is c1cc(-c2nc3ccccc3o2)cc(N2c3cc(-c4nc5ccccc5o4)ccc3Oc3cc4c(cc32)sc2cc(-c3ccc5sc6ccccc6c5c3)ccc24)c1. The van der Waals surface area contributed by atoms with Gasteiger partial charge in [0, 0.05) is 57.2 Å². The predicted octanol–water partition coefficient (Wildman–Crippen LogP) is 15.3. The summed E-state index contributed by atoms with van der Waals surface area (Å²) in [5, 5.41) is 4.98. The molecule has 1 aliphatic rings. The summed E-state index contributed by atoms with van der Waals surface area (Å²) in [6, 6.07) is 57.0. The van der Waals surface area contributed by atoms with Crippen LogP contribution in [0.1, 0.15) is 0 Å². The van der Waals surface area contributed by atoms with Gasteiger partial charge in [0.25, 0.3) is 0 Å². The Morgan fingerprint density at radius 2 is 1.02 bits per heavy atom. The summed E-state index contributed by atoms with van der Waals surface area (Å²) in [4.78, 5) is 11.9. The van der Waals surface area contributed by atoms with Crippen molar-refractivity contribution in [1.82, 2.24) is 9.97 Å². The van der Waals surface area contributed by atoms with Gasteiger partial charge in [0.05, 0.1) is 11.4 Å². The number of rotatable bonds is 4. The molecule has 0 bridgehead atoms. The molecule has 0 radical (unpaired) electrons. The minimum absolute atomic E-state index is 0.553. The van der Waals surface area contributed by atoms with Crippen LogP contribution in [0.15, 0.2) is 173 Å². The Bertz CT molecular complexity index is 3580. The highest BCUT2D eigenvalue weighted by Gasteiger charge is 2.29. The number of ether oxygens (including phenoxy) is 1. The fourth-order valence-corrected chi connectivity index (χ4v) is 10.6. The molecule has 0 amide bonds. The van der Waals surface area contributed by atoms with Gasteiger partial charge >= 0.3 is 0 Å². The molecular weight excluding hydrogens is 755 g/mol. The number of fused-ring (bicyclic) bond motifs is 10. The summed E-state index contributed by atoms with van der Waals surface area (Å²) in [5.41, 5.74) is 10.0. The fourth-order valence-electron chi connectivity index (χ4n) is 8.34. The standard InChI is InChI=1S/C50H27N3O3S2/c1-6-15-45-33(10-1)35-23-28(18-21-46(35)57-45)29-16-19-34-36-26-44-40(27-48(36)58-47(34)25-29)53(32-9-7-8-30(22-32)49-51-37-11-2-4-13-41(37)55-49)39-24-31(17-20-43(39)54-44)50-52-38-12-3-5-14-42(38)56-50/h1-27H. The molecule has 6 nitrogen and oxygen atoms in total. The van der Waals surface area contributed by atoms with E-state index in [1.165, 1.54) is 46.1 Å². The Hall–Kier alpha value is -7.26. The van der Waals surface area contributed by atoms with Crippen LogP contribution in [0.5, 0.6) is 11.5 Å². The molecule has 0 unspecified atom stereocenters. The molecule has 4 aromatic heterocycles. The van der Waals surface area contributed by atoms with Gasteiger partial charge in [-0.05, 0) is 108 Å². The van der Waals surface area contributed by atoms with Crippen LogP contribution >= 0.6 is 22.7 Å². The monoisotopic (exact) mass is 781 g/mol. The second kappa shape index (κ2) is 12.1. The van der Waals surface area contributed by atoms with E-state index in [4.69, 9.17) is 23.5 Å². The molecule has 13 rings (SSSR count). The molecule has 0 fully saturated rings. The first-order chi connectivity index (χ1) is 28.7. The largest absolute Gasteiger partial charge is 0.453 e. The van der Waals surface area contributed by atoms with Crippen LogP contribution < -0.4 is 9.64 Å². The van der Waals surface area contributed by atoms with Gasteiger partial charge in [0.1, 0.15) is 11.0 Å². The van der Waals surface area contributed by atoms with Gasteiger partial charge in [-0.25, -0.2) is 9.97 Å². The summed E-state index contributed by atoms with van der Waals surface area (Å²) in [6.07, 6.45) is 0. The van der Waals surface area contributed by atoms with Crippen molar-refractivity contribution in [3.05, 3.63) is 164 Å². The second-order valence-corrected chi connectivity index (χ2v) is 16.7. The summed E-state index contributed by atoms with van der Waals surface area (Å²) in [5.74, 6) is 2.63. The number of para-hydroxylation sites is 4. The van der Waals surface area contributed by atoms with Gasteiger partial charge in [-0.3, -0.25) is 0 Å². The summed E-state index contributed by atoms with van der Waals surface area (Å²) in [6.45, 7) is 0. The first-order valence-corrected chi connectivity index (χ1v) is 20.7. The smallest absolute Gasteiger partial charge is 0.227 e. The second-order valence-electron chi connectivity index (χ2n) is 14.6. The van der Waals surface area contributed by atoms with Crippen LogP contribution in [0.25, 0.3) is 96.6 Å². The van der Waals surface area contributed by atoms with Crippen molar-refractivity contribution >= 4 is 102 Å². The number of benzene rings is 8. The third kappa shape index (κ3) is 4.89. The molecular formula is C50H27N3O3S2. The van der Waals surface area contributed by atoms with Crippen LogP contribution in [-0.4, -0.2) is 9.97 Å². The van der Waals surface area contributed by atoms with E-state index in [2.05, 4.69) is 102 Å². The van der Waals surface area contributed by atoms with E-state index < -0.39 is 0 Å². The van der Waals surface area contributed by atoms with Crippen molar-refractivity contribution in [3.63, 3.8) is 0 Å². The number of thiophene rings is 2. The lowest BCUT2D eigenvalue weighted by Gasteiger charge is -2.33. The summed E-state index contributed by atoms with van der Waals surface area (Å²) < 4.78 is 24.3. The van der Waals surface area contributed by atoms with Crippen molar-refractivity contribution in [2.24, 2.45) is 0 Å². The average Bonchev–Trinajstić information content (AvgIpc) is 4.06. The van der Waals surface area contributed by atoms with Crippen molar-refractivity contribution in [2.75, 3.05) is 4.90 Å². The third-order valence-corrected chi connectivity index (χ3v) is 13.4. The van der Waals surface area contributed by atoms with E-state index in [0.29, 0.717) is 11.8 Å². The lowest BCUT2D eigenvalue weighted by atomic mass is 10.0. The molecule has 12 aromatic rings. The molecule has 1 aliphatic heterocycles. The highest BCUT2D eigenvalue weighted by Crippen LogP contribution is 2.54. The zero-order valence-electron chi connectivity index (χ0n) is 30.5. The molecule has 8 heteroatoms. The molecule has 0 aliphatic carbocycles. The van der Waals surface area contributed by atoms with Crippen LogP contribution in [0, 0.1) is 0 Å². The van der Waals surface area contributed by atoms with Gasteiger partial charge in [-0.2, -0.15) is 0 Å².